The van der Waals surface area contributed by atoms with E-state index in [-0.39, 0.29) is 5.54 Å². The van der Waals surface area contributed by atoms with Gasteiger partial charge in [-0.05, 0) is 27.7 Å². The molecule has 0 aromatic carbocycles. The smallest absolute Gasteiger partial charge is 0.0231 e. The molecule has 0 aromatic rings. The number of rotatable bonds is 2. The predicted octanol–water partition coefficient (Wildman–Crippen LogP) is 1.55. The molecule has 0 bridgehead atoms. The Hall–Kier alpha value is 0.270. The molecular weight excluding hydrogens is 180 g/mol. The molecule has 1 fully saturated rings. The first-order chi connectivity index (χ1) is 5.79. The minimum absolute atomic E-state index is 0.0575. The monoisotopic (exact) mass is 202 g/mol. The first kappa shape index (κ1) is 11.3. The molecule has 3 heteroatoms. The largest absolute Gasteiger partial charge is 0.324 e. The molecule has 0 radical (unpaired) electrons. The molecule has 13 heavy (non-hydrogen) atoms. The van der Waals surface area contributed by atoms with E-state index in [1.54, 1.807) is 0 Å². The highest BCUT2D eigenvalue weighted by Gasteiger charge is 2.28. The van der Waals surface area contributed by atoms with E-state index in [1.807, 2.05) is 0 Å². The highest BCUT2D eigenvalue weighted by atomic mass is 32.2. The maximum atomic E-state index is 6.01. The standard InChI is InChI=1S/C10H22N2S/c1-9(2,11)7-12-5-6-13-10(3,4)8-12/h5-8,11H2,1-4H3. The third kappa shape index (κ3) is 4.34. The molecule has 0 aliphatic carbocycles. The van der Waals surface area contributed by atoms with Crippen LogP contribution in [0.25, 0.3) is 0 Å². The fourth-order valence-corrected chi connectivity index (χ4v) is 3.00. The van der Waals surface area contributed by atoms with Gasteiger partial charge in [-0.1, -0.05) is 0 Å². The average molecular weight is 202 g/mol. The van der Waals surface area contributed by atoms with Crippen LogP contribution in [0.2, 0.25) is 0 Å². The van der Waals surface area contributed by atoms with Crippen LogP contribution in [0.3, 0.4) is 0 Å². The summed E-state index contributed by atoms with van der Waals surface area (Å²) in [5.41, 5.74) is 5.95. The van der Waals surface area contributed by atoms with Gasteiger partial charge in [0, 0.05) is 35.7 Å². The Bertz CT molecular complexity index is 170. The van der Waals surface area contributed by atoms with E-state index >= 15 is 0 Å². The van der Waals surface area contributed by atoms with Gasteiger partial charge in [-0.2, -0.15) is 11.8 Å². The highest BCUT2D eigenvalue weighted by molar-refractivity contribution is 8.00. The fraction of sp³-hybridized carbons (Fsp3) is 1.00. The molecule has 1 saturated heterocycles. The minimum atomic E-state index is -0.0575. The first-order valence-electron chi connectivity index (χ1n) is 4.94. The molecule has 1 heterocycles. The van der Waals surface area contributed by atoms with Gasteiger partial charge in [0.2, 0.25) is 0 Å². The van der Waals surface area contributed by atoms with Crippen LogP contribution in [0.4, 0.5) is 0 Å². The molecular formula is C10H22N2S. The molecule has 1 aliphatic rings. The summed E-state index contributed by atoms with van der Waals surface area (Å²) in [7, 11) is 0. The number of nitrogens with zero attached hydrogens (tertiary/aromatic N) is 1. The van der Waals surface area contributed by atoms with Gasteiger partial charge in [0.05, 0.1) is 0 Å². The van der Waals surface area contributed by atoms with Crippen molar-refractivity contribution in [2.45, 2.75) is 38.0 Å². The lowest BCUT2D eigenvalue weighted by molar-refractivity contribution is 0.216. The average Bonchev–Trinajstić information content (AvgIpc) is 1.79. The zero-order chi connectivity index (χ0) is 10.1. The maximum absolute atomic E-state index is 6.01. The van der Waals surface area contributed by atoms with E-state index in [1.165, 1.54) is 12.3 Å². The zero-order valence-corrected chi connectivity index (χ0v) is 10.1. The molecule has 0 saturated carbocycles. The van der Waals surface area contributed by atoms with Crippen LogP contribution in [0, 0.1) is 0 Å². The summed E-state index contributed by atoms with van der Waals surface area (Å²) in [5.74, 6) is 1.24. The Morgan fingerprint density at radius 2 is 2.08 bits per heavy atom. The van der Waals surface area contributed by atoms with Crippen molar-refractivity contribution in [3.8, 4) is 0 Å². The van der Waals surface area contributed by atoms with Crippen molar-refractivity contribution in [3.63, 3.8) is 0 Å². The normalized spacial score (nSPS) is 24.7. The van der Waals surface area contributed by atoms with Crippen molar-refractivity contribution in [2.75, 3.05) is 25.4 Å². The Balaban J connectivity index is 2.44. The van der Waals surface area contributed by atoms with Crippen LogP contribution >= 0.6 is 11.8 Å². The van der Waals surface area contributed by atoms with Gasteiger partial charge in [-0.3, -0.25) is 4.90 Å². The lowest BCUT2D eigenvalue weighted by atomic mass is 10.1. The lowest BCUT2D eigenvalue weighted by Crippen LogP contribution is -2.51. The Kier molecular flexibility index (Phi) is 3.31. The van der Waals surface area contributed by atoms with Crippen molar-refractivity contribution < 1.29 is 0 Å². The number of hydrogen-bond donors (Lipinski definition) is 1. The van der Waals surface area contributed by atoms with Gasteiger partial charge >= 0.3 is 0 Å². The van der Waals surface area contributed by atoms with Crippen molar-refractivity contribution in [2.24, 2.45) is 5.73 Å². The van der Waals surface area contributed by atoms with E-state index in [0.29, 0.717) is 4.75 Å². The van der Waals surface area contributed by atoms with Gasteiger partial charge in [-0.15, -0.1) is 0 Å². The Morgan fingerprint density at radius 1 is 1.46 bits per heavy atom. The number of hydrogen-bond acceptors (Lipinski definition) is 3. The molecule has 2 nitrogen and oxygen atoms in total. The van der Waals surface area contributed by atoms with Crippen molar-refractivity contribution in [1.82, 2.24) is 4.90 Å². The molecule has 78 valence electrons. The maximum Gasteiger partial charge on any atom is 0.0231 e. The number of thioether (sulfide) groups is 1. The molecule has 2 N–H and O–H groups in total. The SMILES string of the molecule is CC(C)(N)CN1CCSC(C)(C)C1. The van der Waals surface area contributed by atoms with Gasteiger partial charge in [-0.25, -0.2) is 0 Å². The molecule has 1 rings (SSSR count). The predicted molar refractivity (Wildman–Crippen MR) is 61.2 cm³/mol. The van der Waals surface area contributed by atoms with E-state index in [2.05, 4.69) is 44.4 Å². The van der Waals surface area contributed by atoms with Gasteiger partial charge in [0.15, 0.2) is 0 Å². The number of nitrogens with two attached hydrogens (primary N) is 1. The second kappa shape index (κ2) is 3.79. The van der Waals surface area contributed by atoms with Crippen LogP contribution in [0.1, 0.15) is 27.7 Å². The molecule has 1 aliphatic heterocycles. The molecule has 0 atom stereocenters. The van der Waals surface area contributed by atoms with Crippen LogP contribution in [-0.4, -0.2) is 40.6 Å². The zero-order valence-electron chi connectivity index (χ0n) is 9.26. The summed E-state index contributed by atoms with van der Waals surface area (Å²) in [6, 6.07) is 0. The summed E-state index contributed by atoms with van der Waals surface area (Å²) in [4.78, 5) is 2.48. The van der Waals surface area contributed by atoms with Crippen LogP contribution < -0.4 is 5.73 Å². The molecule has 0 unspecified atom stereocenters. The summed E-state index contributed by atoms with van der Waals surface area (Å²) >= 11 is 2.07. The van der Waals surface area contributed by atoms with Gasteiger partial charge < -0.3 is 5.73 Å². The topological polar surface area (TPSA) is 29.3 Å². The first-order valence-corrected chi connectivity index (χ1v) is 5.92. The van der Waals surface area contributed by atoms with Gasteiger partial charge in [0.25, 0.3) is 0 Å². The van der Waals surface area contributed by atoms with Crippen molar-refractivity contribution >= 4 is 11.8 Å². The third-order valence-electron chi connectivity index (χ3n) is 2.14. The van der Waals surface area contributed by atoms with E-state index in [0.717, 1.165) is 13.1 Å². The van der Waals surface area contributed by atoms with Crippen molar-refractivity contribution in [3.05, 3.63) is 0 Å². The van der Waals surface area contributed by atoms with E-state index in [9.17, 15) is 0 Å². The second-order valence-corrected chi connectivity index (χ2v) is 7.11. The summed E-state index contributed by atoms with van der Waals surface area (Å²) in [5, 5.41) is 0. The highest BCUT2D eigenvalue weighted by Crippen LogP contribution is 2.29. The summed E-state index contributed by atoms with van der Waals surface area (Å²) in [6.45, 7) is 12.2. The van der Waals surface area contributed by atoms with Gasteiger partial charge in [0.1, 0.15) is 0 Å². The van der Waals surface area contributed by atoms with E-state index < -0.39 is 0 Å². The summed E-state index contributed by atoms with van der Waals surface area (Å²) in [6.07, 6.45) is 0. The molecule has 0 amide bonds. The molecule has 0 aromatic heterocycles. The Morgan fingerprint density at radius 3 is 2.54 bits per heavy atom. The fourth-order valence-electron chi connectivity index (χ4n) is 1.83. The van der Waals surface area contributed by atoms with Crippen molar-refractivity contribution in [1.29, 1.82) is 0 Å². The second-order valence-electron chi connectivity index (χ2n) is 5.31. The van der Waals surface area contributed by atoms with Crippen LogP contribution in [0.15, 0.2) is 0 Å². The lowest BCUT2D eigenvalue weighted by Gasteiger charge is -2.40. The van der Waals surface area contributed by atoms with Crippen LogP contribution in [0.5, 0.6) is 0 Å². The van der Waals surface area contributed by atoms with E-state index in [4.69, 9.17) is 5.73 Å². The Labute approximate surface area is 86.2 Å². The van der Waals surface area contributed by atoms with Crippen LogP contribution in [-0.2, 0) is 0 Å². The third-order valence-corrected chi connectivity index (χ3v) is 3.43. The minimum Gasteiger partial charge on any atom is -0.324 e. The molecule has 0 spiro atoms. The summed E-state index contributed by atoms with van der Waals surface area (Å²) < 4.78 is 0.406. The quantitative estimate of drug-likeness (QED) is 0.737.